The summed E-state index contributed by atoms with van der Waals surface area (Å²) in [6.45, 7) is 8.83. The van der Waals surface area contributed by atoms with E-state index < -0.39 is 5.60 Å². The van der Waals surface area contributed by atoms with Gasteiger partial charge in [0, 0.05) is 18.7 Å². The largest absolute Gasteiger partial charge is 0.491 e. The Morgan fingerprint density at radius 2 is 1.95 bits per heavy atom. The Labute approximate surface area is 115 Å². The zero-order valence-corrected chi connectivity index (χ0v) is 12.1. The molecule has 0 unspecified atom stereocenters. The van der Waals surface area contributed by atoms with Crippen LogP contribution < -0.4 is 4.74 Å². The van der Waals surface area contributed by atoms with Gasteiger partial charge in [0.2, 0.25) is 0 Å². The molecule has 0 spiro atoms. The third-order valence-electron chi connectivity index (χ3n) is 2.72. The second-order valence-electron chi connectivity index (χ2n) is 5.11. The normalized spacial score (nSPS) is 11.2. The highest BCUT2D eigenvalue weighted by Gasteiger charge is 2.15. The third kappa shape index (κ3) is 4.91. The molecule has 0 aromatic heterocycles. The van der Waals surface area contributed by atoms with Crippen molar-refractivity contribution in [3.8, 4) is 5.75 Å². The van der Waals surface area contributed by atoms with Gasteiger partial charge in [-0.2, -0.15) is 0 Å². The first kappa shape index (κ1) is 15.5. The van der Waals surface area contributed by atoms with Gasteiger partial charge >= 0.3 is 0 Å². The highest BCUT2D eigenvalue weighted by molar-refractivity contribution is 5.94. The van der Waals surface area contributed by atoms with Gasteiger partial charge in [0.15, 0.2) is 0 Å². The van der Waals surface area contributed by atoms with E-state index in [1.807, 2.05) is 13.8 Å². The van der Waals surface area contributed by atoms with Crippen molar-refractivity contribution in [1.82, 2.24) is 4.90 Å². The maximum absolute atomic E-state index is 12.2. The molecule has 0 radical (unpaired) electrons. The predicted molar refractivity (Wildman–Crippen MR) is 75.5 cm³/mol. The van der Waals surface area contributed by atoms with E-state index in [0.29, 0.717) is 24.4 Å². The number of carbonyl (C=O) groups excluding carboxylic acids is 1. The number of hydrogen-bond acceptors (Lipinski definition) is 3. The Hall–Kier alpha value is -1.55. The summed E-state index contributed by atoms with van der Waals surface area (Å²) in [7, 11) is 0. The molecule has 19 heavy (non-hydrogen) atoms. The summed E-state index contributed by atoms with van der Waals surface area (Å²) < 4.78 is 5.49. The fraction of sp³-hybridized carbons (Fsp3) is 0.533. The first-order valence-electron chi connectivity index (χ1n) is 6.62. The topological polar surface area (TPSA) is 49.8 Å². The van der Waals surface area contributed by atoms with Gasteiger partial charge in [-0.25, -0.2) is 0 Å². The second kappa shape index (κ2) is 6.57. The quantitative estimate of drug-likeness (QED) is 0.858. The van der Waals surface area contributed by atoms with Gasteiger partial charge in [-0.05, 0) is 45.9 Å². The van der Waals surface area contributed by atoms with Gasteiger partial charge in [0.1, 0.15) is 12.4 Å². The van der Waals surface area contributed by atoms with Gasteiger partial charge in [0.05, 0.1) is 5.60 Å². The highest BCUT2D eigenvalue weighted by atomic mass is 16.5. The van der Waals surface area contributed by atoms with Crippen molar-refractivity contribution in [2.75, 3.05) is 19.7 Å². The molecule has 1 aromatic rings. The summed E-state index contributed by atoms with van der Waals surface area (Å²) in [4.78, 5) is 13.9. The van der Waals surface area contributed by atoms with Crippen molar-refractivity contribution >= 4 is 5.91 Å². The SMILES string of the molecule is CCN(CC)C(=O)c1cccc(OCC(C)(C)O)c1. The first-order chi connectivity index (χ1) is 8.87. The summed E-state index contributed by atoms with van der Waals surface area (Å²) in [5, 5.41) is 9.62. The minimum Gasteiger partial charge on any atom is -0.491 e. The molecule has 4 nitrogen and oxygen atoms in total. The van der Waals surface area contributed by atoms with E-state index in [-0.39, 0.29) is 12.5 Å². The number of carbonyl (C=O) groups is 1. The summed E-state index contributed by atoms with van der Waals surface area (Å²) >= 11 is 0. The van der Waals surface area contributed by atoms with E-state index in [0.717, 1.165) is 0 Å². The lowest BCUT2D eigenvalue weighted by Crippen LogP contribution is -2.30. The van der Waals surface area contributed by atoms with Crippen LogP contribution in [0.15, 0.2) is 24.3 Å². The molecule has 106 valence electrons. The Bertz CT molecular complexity index is 420. The predicted octanol–water partition coefficient (Wildman–Crippen LogP) is 2.32. The Balaban J connectivity index is 2.79. The van der Waals surface area contributed by atoms with Gasteiger partial charge in [-0.1, -0.05) is 6.07 Å². The third-order valence-corrected chi connectivity index (χ3v) is 2.72. The number of benzene rings is 1. The summed E-state index contributed by atoms with van der Waals surface area (Å²) in [5.74, 6) is 0.596. The van der Waals surface area contributed by atoms with Crippen LogP contribution in [0.5, 0.6) is 5.75 Å². The Morgan fingerprint density at radius 3 is 2.47 bits per heavy atom. The van der Waals surface area contributed by atoms with Gasteiger partial charge < -0.3 is 14.7 Å². The molecule has 0 aliphatic rings. The molecule has 0 saturated heterocycles. The molecule has 1 rings (SSSR count). The lowest BCUT2D eigenvalue weighted by atomic mass is 10.1. The monoisotopic (exact) mass is 265 g/mol. The molecule has 1 aromatic carbocycles. The number of ether oxygens (including phenoxy) is 1. The molecule has 0 atom stereocenters. The van der Waals surface area contributed by atoms with Gasteiger partial charge in [0.25, 0.3) is 5.91 Å². The zero-order chi connectivity index (χ0) is 14.5. The summed E-state index contributed by atoms with van der Waals surface area (Å²) in [6, 6.07) is 7.06. The molecule has 0 aliphatic carbocycles. The first-order valence-corrected chi connectivity index (χ1v) is 6.62. The van der Waals surface area contributed by atoms with Gasteiger partial charge in [-0.3, -0.25) is 4.79 Å². The second-order valence-corrected chi connectivity index (χ2v) is 5.11. The Morgan fingerprint density at radius 1 is 1.32 bits per heavy atom. The molecule has 0 heterocycles. The van der Waals surface area contributed by atoms with Crippen molar-refractivity contribution in [2.24, 2.45) is 0 Å². The lowest BCUT2D eigenvalue weighted by molar-refractivity contribution is 0.0284. The average Bonchev–Trinajstić information content (AvgIpc) is 2.37. The van der Waals surface area contributed by atoms with Crippen LogP contribution >= 0.6 is 0 Å². The van der Waals surface area contributed by atoms with Gasteiger partial charge in [-0.15, -0.1) is 0 Å². The molecular formula is C15H23NO3. The van der Waals surface area contributed by atoms with Crippen molar-refractivity contribution in [2.45, 2.75) is 33.3 Å². The molecule has 0 bridgehead atoms. The molecule has 1 N–H and O–H groups in total. The summed E-state index contributed by atoms with van der Waals surface area (Å²) in [6.07, 6.45) is 0. The van der Waals surface area contributed by atoms with Crippen LogP contribution in [0.1, 0.15) is 38.1 Å². The number of nitrogens with zero attached hydrogens (tertiary/aromatic N) is 1. The Kier molecular flexibility index (Phi) is 5.36. The number of aliphatic hydroxyl groups is 1. The zero-order valence-electron chi connectivity index (χ0n) is 12.1. The number of amides is 1. The lowest BCUT2D eigenvalue weighted by Gasteiger charge is -2.20. The van der Waals surface area contributed by atoms with Crippen molar-refractivity contribution in [3.05, 3.63) is 29.8 Å². The van der Waals surface area contributed by atoms with E-state index in [4.69, 9.17) is 4.74 Å². The van der Waals surface area contributed by atoms with E-state index in [2.05, 4.69) is 0 Å². The summed E-state index contributed by atoms with van der Waals surface area (Å²) in [5.41, 5.74) is -0.282. The molecule has 4 heteroatoms. The van der Waals surface area contributed by atoms with E-state index in [1.54, 1.807) is 43.0 Å². The smallest absolute Gasteiger partial charge is 0.253 e. The highest BCUT2D eigenvalue weighted by Crippen LogP contribution is 2.16. The van der Waals surface area contributed by atoms with Crippen molar-refractivity contribution < 1.29 is 14.6 Å². The maximum Gasteiger partial charge on any atom is 0.253 e. The van der Waals surface area contributed by atoms with Crippen LogP contribution in [0.4, 0.5) is 0 Å². The van der Waals surface area contributed by atoms with E-state index in [1.165, 1.54) is 0 Å². The molecule has 0 aliphatic heterocycles. The molecule has 0 saturated carbocycles. The fourth-order valence-electron chi connectivity index (χ4n) is 1.67. The van der Waals surface area contributed by atoms with Crippen LogP contribution in [0, 0.1) is 0 Å². The van der Waals surface area contributed by atoms with Crippen LogP contribution in [-0.4, -0.2) is 41.2 Å². The van der Waals surface area contributed by atoms with Crippen LogP contribution in [-0.2, 0) is 0 Å². The van der Waals surface area contributed by atoms with Crippen LogP contribution in [0.25, 0.3) is 0 Å². The minimum absolute atomic E-state index is 0.00120. The standard InChI is InChI=1S/C15H23NO3/c1-5-16(6-2)14(17)12-8-7-9-13(10-12)19-11-15(3,4)18/h7-10,18H,5-6,11H2,1-4H3. The molecule has 0 fully saturated rings. The minimum atomic E-state index is -0.890. The number of rotatable bonds is 6. The van der Waals surface area contributed by atoms with Crippen LogP contribution in [0.2, 0.25) is 0 Å². The van der Waals surface area contributed by atoms with Crippen LogP contribution in [0.3, 0.4) is 0 Å². The molecule has 1 amide bonds. The van der Waals surface area contributed by atoms with E-state index >= 15 is 0 Å². The molecular weight excluding hydrogens is 242 g/mol. The number of hydrogen-bond donors (Lipinski definition) is 1. The van der Waals surface area contributed by atoms with Crippen molar-refractivity contribution in [3.63, 3.8) is 0 Å². The average molecular weight is 265 g/mol. The van der Waals surface area contributed by atoms with Crippen molar-refractivity contribution in [1.29, 1.82) is 0 Å². The fourth-order valence-corrected chi connectivity index (χ4v) is 1.67. The van der Waals surface area contributed by atoms with E-state index in [9.17, 15) is 9.90 Å². The maximum atomic E-state index is 12.2.